The van der Waals surface area contributed by atoms with E-state index < -0.39 is 10.0 Å². The molecular weight excluding hydrogens is 292 g/mol. The van der Waals surface area contributed by atoms with Crippen molar-refractivity contribution in [1.82, 2.24) is 14.6 Å². The first-order chi connectivity index (χ1) is 9.90. The molecule has 0 radical (unpaired) electrons. The van der Waals surface area contributed by atoms with E-state index in [0.29, 0.717) is 19.0 Å². The lowest BCUT2D eigenvalue weighted by Crippen LogP contribution is -2.54. The molecule has 0 saturated carbocycles. The Bertz CT molecular complexity index is 431. The van der Waals surface area contributed by atoms with Crippen LogP contribution in [-0.2, 0) is 14.8 Å². The summed E-state index contributed by atoms with van der Waals surface area (Å²) in [6.07, 6.45) is 4.17. The Labute approximate surface area is 127 Å². The summed E-state index contributed by atoms with van der Waals surface area (Å²) in [6.45, 7) is 3.76. The molecule has 21 heavy (non-hydrogen) atoms. The van der Waals surface area contributed by atoms with Gasteiger partial charge < -0.3 is 9.64 Å². The van der Waals surface area contributed by atoms with Gasteiger partial charge in [-0.15, -0.1) is 0 Å². The van der Waals surface area contributed by atoms with E-state index in [9.17, 15) is 8.42 Å². The van der Waals surface area contributed by atoms with Crippen LogP contribution in [-0.4, -0.2) is 75.9 Å². The van der Waals surface area contributed by atoms with Crippen molar-refractivity contribution in [2.75, 3.05) is 46.1 Å². The molecule has 2 aliphatic heterocycles. The van der Waals surface area contributed by atoms with Crippen LogP contribution in [0, 0.1) is 5.92 Å². The number of nitrogens with zero attached hydrogens (tertiary/aromatic N) is 2. The highest BCUT2D eigenvalue weighted by Crippen LogP contribution is 2.24. The smallest absolute Gasteiger partial charge is 0.211 e. The highest BCUT2D eigenvalue weighted by Gasteiger charge is 2.32. The van der Waals surface area contributed by atoms with Crippen LogP contribution in [0.4, 0.5) is 0 Å². The molecule has 2 rings (SSSR count). The summed E-state index contributed by atoms with van der Waals surface area (Å²) < 4.78 is 30.8. The molecule has 3 unspecified atom stereocenters. The van der Waals surface area contributed by atoms with Gasteiger partial charge in [0, 0.05) is 32.2 Å². The first-order valence-electron chi connectivity index (χ1n) is 7.61. The molecule has 0 spiro atoms. The lowest BCUT2D eigenvalue weighted by molar-refractivity contribution is -0.0435. The van der Waals surface area contributed by atoms with E-state index in [2.05, 4.69) is 17.4 Å². The summed E-state index contributed by atoms with van der Waals surface area (Å²) in [4.78, 5) is 2.24. The van der Waals surface area contributed by atoms with E-state index in [1.165, 1.54) is 6.26 Å². The highest BCUT2D eigenvalue weighted by atomic mass is 32.2. The number of hydrogen-bond donors (Lipinski definition) is 2. The number of likely N-dealkylation sites (N-methyl/N-ethyl adjacent to an activating group) is 1. The number of hydrazine groups is 1. The lowest BCUT2D eigenvalue weighted by atomic mass is 9.90. The Kier molecular flexibility index (Phi) is 5.98. The summed E-state index contributed by atoms with van der Waals surface area (Å²) in [5.41, 5.74) is 2.87. The highest BCUT2D eigenvalue weighted by molar-refractivity contribution is 7.88. The largest absolute Gasteiger partial charge is 0.374 e. The van der Waals surface area contributed by atoms with Gasteiger partial charge in [0.2, 0.25) is 10.0 Å². The molecule has 0 aromatic rings. The maximum atomic E-state index is 11.7. The number of nitrogens with two attached hydrogens (primary N) is 1. The molecule has 0 aromatic heterocycles. The van der Waals surface area contributed by atoms with Crippen LogP contribution in [0.2, 0.25) is 0 Å². The minimum absolute atomic E-state index is 0.0669. The first-order valence-corrected chi connectivity index (χ1v) is 9.46. The number of rotatable bonds is 5. The molecule has 0 aliphatic carbocycles. The molecule has 2 fully saturated rings. The molecule has 8 heteroatoms. The van der Waals surface area contributed by atoms with E-state index >= 15 is 0 Å². The minimum Gasteiger partial charge on any atom is -0.374 e. The molecular formula is C13H28N4O3S. The third kappa shape index (κ3) is 4.87. The van der Waals surface area contributed by atoms with Crippen molar-refractivity contribution >= 4 is 10.0 Å². The topological polar surface area (TPSA) is 87.9 Å². The average molecular weight is 320 g/mol. The van der Waals surface area contributed by atoms with Crippen LogP contribution in [0.5, 0.6) is 0 Å². The first kappa shape index (κ1) is 17.1. The number of sulfonamides is 1. The van der Waals surface area contributed by atoms with Gasteiger partial charge in [-0.1, -0.05) is 0 Å². The second kappa shape index (κ2) is 7.34. The number of nitrogens with one attached hydrogen (secondary N) is 1. The monoisotopic (exact) mass is 320 g/mol. The Morgan fingerprint density at radius 1 is 1.38 bits per heavy atom. The van der Waals surface area contributed by atoms with Gasteiger partial charge in [-0.3, -0.25) is 11.3 Å². The number of hydrogen-bond acceptors (Lipinski definition) is 6. The predicted octanol–water partition coefficient (Wildman–Crippen LogP) is -0.789. The third-order valence-corrected chi connectivity index (χ3v) is 5.77. The van der Waals surface area contributed by atoms with Gasteiger partial charge in [0.1, 0.15) is 0 Å². The molecule has 3 atom stereocenters. The standard InChI is InChI=1S/C13H28N4O3S/c1-16-6-7-20-13(10-16)12(15-14)8-11-4-3-5-17(9-11)21(2,18)19/h11-13,15H,3-10,14H2,1-2H3. The van der Waals surface area contributed by atoms with Gasteiger partial charge in [-0.05, 0) is 32.2 Å². The van der Waals surface area contributed by atoms with E-state index in [-0.39, 0.29) is 12.1 Å². The summed E-state index contributed by atoms with van der Waals surface area (Å²) >= 11 is 0. The molecule has 2 saturated heterocycles. The van der Waals surface area contributed by atoms with Crippen molar-refractivity contribution in [1.29, 1.82) is 0 Å². The van der Waals surface area contributed by atoms with Crippen LogP contribution in [0.15, 0.2) is 0 Å². The zero-order chi connectivity index (χ0) is 15.5. The maximum Gasteiger partial charge on any atom is 0.211 e. The summed E-state index contributed by atoms with van der Waals surface area (Å²) in [7, 11) is -1.01. The second-order valence-electron chi connectivity index (χ2n) is 6.31. The zero-order valence-corrected chi connectivity index (χ0v) is 13.8. The SMILES string of the molecule is CN1CCOC(C(CC2CCCN(S(C)(=O)=O)C2)NN)C1. The van der Waals surface area contributed by atoms with Gasteiger partial charge >= 0.3 is 0 Å². The Morgan fingerprint density at radius 3 is 2.76 bits per heavy atom. The van der Waals surface area contributed by atoms with Crippen molar-refractivity contribution < 1.29 is 13.2 Å². The Hall–Kier alpha value is -0.250. The molecule has 3 N–H and O–H groups in total. The summed E-state index contributed by atoms with van der Waals surface area (Å²) in [6, 6.07) is 0.0669. The molecule has 2 heterocycles. The number of morpholine rings is 1. The molecule has 7 nitrogen and oxygen atoms in total. The average Bonchev–Trinajstić information content (AvgIpc) is 2.44. The molecule has 0 aromatic carbocycles. The normalized spacial score (nSPS) is 31.2. The van der Waals surface area contributed by atoms with Crippen molar-refractivity contribution in [2.45, 2.75) is 31.4 Å². The van der Waals surface area contributed by atoms with E-state index in [4.69, 9.17) is 10.6 Å². The zero-order valence-electron chi connectivity index (χ0n) is 13.0. The van der Waals surface area contributed by atoms with E-state index in [1.807, 2.05) is 0 Å². The Balaban J connectivity index is 1.92. The summed E-state index contributed by atoms with van der Waals surface area (Å²) in [5.74, 6) is 6.04. The van der Waals surface area contributed by atoms with Crippen molar-refractivity contribution in [3.05, 3.63) is 0 Å². The third-order valence-electron chi connectivity index (χ3n) is 4.50. The van der Waals surface area contributed by atoms with Crippen molar-refractivity contribution in [3.8, 4) is 0 Å². The van der Waals surface area contributed by atoms with Gasteiger partial charge in [0.15, 0.2) is 0 Å². The molecule has 0 amide bonds. The number of piperidine rings is 1. The fourth-order valence-corrected chi connectivity index (χ4v) is 4.20. The maximum absolute atomic E-state index is 11.7. The summed E-state index contributed by atoms with van der Waals surface area (Å²) in [5, 5.41) is 0. The second-order valence-corrected chi connectivity index (χ2v) is 8.29. The molecule has 124 valence electrons. The fourth-order valence-electron chi connectivity index (χ4n) is 3.26. The molecule has 0 bridgehead atoms. The quantitative estimate of drug-likeness (QED) is 0.510. The predicted molar refractivity (Wildman–Crippen MR) is 82.1 cm³/mol. The minimum atomic E-state index is -3.09. The van der Waals surface area contributed by atoms with Gasteiger partial charge in [-0.25, -0.2) is 12.7 Å². The van der Waals surface area contributed by atoms with Crippen molar-refractivity contribution in [2.24, 2.45) is 11.8 Å². The Morgan fingerprint density at radius 2 is 2.14 bits per heavy atom. The number of ether oxygens (including phenoxy) is 1. The molecule has 2 aliphatic rings. The van der Waals surface area contributed by atoms with Crippen LogP contribution in [0.1, 0.15) is 19.3 Å². The van der Waals surface area contributed by atoms with Crippen molar-refractivity contribution in [3.63, 3.8) is 0 Å². The van der Waals surface area contributed by atoms with Crippen LogP contribution in [0.25, 0.3) is 0 Å². The van der Waals surface area contributed by atoms with Crippen LogP contribution >= 0.6 is 0 Å². The lowest BCUT2D eigenvalue weighted by Gasteiger charge is -2.38. The van der Waals surface area contributed by atoms with Gasteiger partial charge in [-0.2, -0.15) is 0 Å². The van der Waals surface area contributed by atoms with Gasteiger partial charge in [0.25, 0.3) is 0 Å². The van der Waals surface area contributed by atoms with E-state index in [0.717, 1.165) is 39.0 Å². The van der Waals surface area contributed by atoms with Crippen LogP contribution < -0.4 is 11.3 Å². The van der Waals surface area contributed by atoms with Crippen LogP contribution in [0.3, 0.4) is 0 Å². The van der Waals surface area contributed by atoms with E-state index in [1.54, 1.807) is 4.31 Å². The van der Waals surface area contributed by atoms with Gasteiger partial charge in [0.05, 0.1) is 19.0 Å². The fraction of sp³-hybridized carbons (Fsp3) is 1.00.